The van der Waals surface area contributed by atoms with E-state index < -0.39 is 24.3 Å². The number of piperidine rings is 1. The number of phenolic OH excluding ortho intramolecular Hbond substituents is 1. The zero-order valence-electron chi connectivity index (χ0n) is 39.5. The van der Waals surface area contributed by atoms with Crippen molar-refractivity contribution in [1.29, 1.82) is 0 Å². The number of thiazole rings is 1. The van der Waals surface area contributed by atoms with Gasteiger partial charge in [-0.2, -0.15) is 26.3 Å². The van der Waals surface area contributed by atoms with Crippen LogP contribution >= 0.6 is 22.9 Å². The summed E-state index contributed by atoms with van der Waals surface area (Å²) in [6.07, 6.45) is -1.62. The topological polar surface area (TPSA) is 220 Å². The van der Waals surface area contributed by atoms with Gasteiger partial charge in [0.25, 0.3) is 11.8 Å². The number of rotatable bonds is 17. The Balaban J connectivity index is 0.000000602. The molecule has 1 aromatic heterocycles. The number of alkyl halides is 6. The number of carbonyl (C=O) groups excluding carboxylic acids is 3. The fraction of sp³-hybridized carbons (Fsp3) is 0.574. The van der Waals surface area contributed by atoms with Crippen LogP contribution in [0.4, 0.5) is 32.0 Å². The van der Waals surface area contributed by atoms with Crippen molar-refractivity contribution in [2.45, 2.75) is 102 Å². The number of aromatic hydroxyl groups is 1. The minimum absolute atomic E-state index is 0.00409. The van der Waals surface area contributed by atoms with Crippen molar-refractivity contribution in [3.8, 4) is 11.5 Å². The highest BCUT2D eigenvalue weighted by molar-refractivity contribution is 7.09. The number of benzene rings is 2. The molecule has 1 saturated carbocycles. The molecule has 3 aromatic rings. The third-order valence-electron chi connectivity index (χ3n) is 12.4. The Bertz CT molecular complexity index is 2300. The lowest BCUT2D eigenvalue weighted by atomic mass is 9.89. The smallest absolute Gasteiger partial charge is 0.490 e. The van der Waals surface area contributed by atoms with Crippen LogP contribution in [0.1, 0.15) is 84.1 Å². The number of carboxylic acids is 2. The highest BCUT2D eigenvalue weighted by atomic mass is 35.5. The van der Waals surface area contributed by atoms with Gasteiger partial charge in [-0.25, -0.2) is 14.6 Å². The number of phenols is 1. The Kier molecular flexibility index (Phi) is 21.3. The summed E-state index contributed by atoms with van der Waals surface area (Å²) in [5.74, 6) is -5.17. The quantitative estimate of drug-likeness (QED) is 0.0539. The Hall–Kier alpha value is -5.27. The standard InChI is InChI=1S/C43H57ClN6O7S.2C2HF3O2/c1-2-37-46-34(28-58-37)42(54)49-22-25-57-43(29-49)15-19-48(20-16-43)26-32-7-5-6-30(39(32)44)13-23-55-24-14-38(53)50(33-8-3-4-9-33)21-18-45-17-12-31-10-11-35(51)40-41(31)56-27-36(52)47-40;2*3-2(4,5)1(6)7/h5-7,10-11,28,33,45,51H,2-4,8-9,12-27,29H2,1H3,(H,47,52);2*(H,6,7). The number of hydrogen-bond donors (Lipinski definition) is 5. The van der Waals surface area contributed by atoms with Gasteiger partial charge in [-0.3, -0.25) is 19.3 Å². The predicted molar refractivity (Wildman–Crippen MR) is 251 cm³/mol. The molecule has 2 aromatic carbocycles. The molecule has 25 heteroatoms. The predicted octanol–water partition coefficient (Wildman–Crippen LogP) is 6.72. The van der Waals surface area contributed by atoms with E-state index in [0.29, 0.717) is 88.9 Å². The van der Waals surface area contributed by atoms with E-state index in [1.807, 2.05) is 21.2 Å². The normalized spacial score (nSPS) is 16.9. The second-order valence-corrected chi connectivity index (χ2v) is 18.8. The molecule has 3 amide bonds. The number of aromatic nitrogens is 1. The fourth-order valence-electron chi connectivity index (χ4n) is 8.63. The average molecular weight is 1070 g/mol. The minimum Gasteiger partial charge on any atom is -0.506 e. The van der Waals surface area contributed by atoms with Crippen LogP contribution in [-0.2, 0) is 54.5 Å². The molecule has 2 saturated heterocycles. The van der Waals surface area contributed by atoms with Gasteiger partial charge >= 0.3 is 24.3 Å². The number of carbonyl (C=O) groups is 5. The van der Waals surface area contributed by atoms with Crippen LogP contribution in [0.2, 0.25) is 5.02 Å². The zero-order valence-corrected chi connectivity index (χ0v) is 41.1. The molecule has 0 unspecified atom stereocenters. The molecular weight excluding hydrogens is 1010 g/mol. The lowest BCUT2D eigenvalue weighted by Gasteiger charge is -2.47. The monoisotopic (exact) mass is 1060 g/mol. The van der Waals surface area contributed by atoms with Crippen LogP contribution in [-0.4, -0.2) is 161 Å². The first-order chi connectivity index (χ1) is 34.1. The number of hydrogen-bond acceptors (Lipinski definition) is 13. The van der Waals surface area contributed by atoms with Gasteiger partial charge in [0.1, 0.15) is 17.1 Å². The molecule has 72 heavy (non-hydrogen) atoms. The number of likely N-dealkylation sites (tertiary alicyclic amines) is 1. The van der Waals surface area contributed by atoms with Crippen molar-refractivity contribution in [2.24, 2.45) is 0 Å². The van der Waals surface area contributed by atoms with Gasteiger partial charge < -0.3 is 50.0 Å². The first-order valence-corrected chi connectivity index (χ1v) is 24.7. The highest BCUT2D eigenvalue weighted by Crippen LogP contribution is 2.39. The third kappa shape index (κ3) is 16.9. The number of aryl methyl sites for hydroxylation is 1. The Morgan fingerprint density at radius 1 is 0.958 bits per heavy atom. The summed E-state index contributed by atoms with van der Waals surface area (Å²) in [5.41, 5.74) is 3.58. The molecule has 5 N–H and O–H groups in total. The van der Waals surface area contributed by atoms with Crippen molar-refractivity contribution < 1.29 is 79.8 Å². The molecule has 7 rings (SSSR count). The lowest BCUT2D eigenvalue weighted by molar-refractivity contribution is -0.193. The maximum Gasteiger partial charge on any atom is 0.490 e. The molecule has 17 nitrogen and oxygen atoms in total. The second-order valence-electron chi connectivity index (χ2n) is 17.4. The number of aliphatic carboxylic acids is 2. The minimum atomic E-state index is -5.08. The second kappa shape index (κ2) is 26.6. The maximum atomic E-state index is 13.5. The summed E-state index contributed by atoms with van der Waals surface area (Å²) in [6, 6.07) is 9.85. The van der Waals surface area contributed by atoms with E-state index in [0.717, 1.165) is 91.3 Å². The fourth-order valence-corrected chi connectivity index (χ4v) is 9.63. The van der Waals surface area contributed by atoms with Crippen molar-refractivity contribution in [3.05, 3.63) is 68.1 Å². The number of halogens is 7. The van der Waals surface area contributed by atoms with E-state index >= 15 is 0 Å². The summed E-state index contributed by atoms with van der Waals surface area (Å²) in [6.45, 7) is 9.00. The number of nitrogens with one attached hydrogen (secondary N) is 2. The first kappa shape index (κ1) is 57.6. The number of fused-ring (bicyclic) bond motifs is 1. The van der Waals surface area contributed by atoms with Crippen molar-refractivity contribution >= 4 is 58.3 Å². The largest absolute Gasteiger partial charge is 0.506 e. The van der Waals surface area contributed by atoms with Crippen LogP contribution in [0.5, 0.6) is 11.5 Å². The number of carboxylic acid groups (broad SMARTS) is 2. The van der Waals surface area contributed by atoms with Crippen molar-refractivity contribution in [3.63, 3.8) is 0 Å². The van der Waals surface area contributed by atoms with Gasteiger partial charge in [-0.1, -0.05) is 55.6 Å². The lowest BCUT2D eigenvalue weighted by Crippen LogP contribution is -2.58. The van der Waals surface area contributed by atoms with E-state index in [1.165, 1.54) is 0 Å². The summed E-state index contributed by atoms with van der Waals surface area (Å²) < 4.78 is 81.4. The SMILES string of the molecule is CCc1nc(C(=O)N2CCOC3(CCN(Cc4cccc(CCOCCC(=O)N(CCNCCc5ccc(O)c6c5OCC(=O)N6)C5CCCC5)c4Cl)CC3)C2)cs1.O=C(O)C(F)(F)F.O=C(O)C(F)(F)F. The molecule has 0 bridgehead atoms. The molecule has 1 aliphatic carbocycles. The molecular formula is C47H59ClF6N6O11S. The maximum absolute atomic E-state index is 13.5. The summed E-state index contributed by atoms with van der Waals surface area (Å²) in [5, 5.41) is 34.2. The molecule has 1 spiro atoms. The highest BCUT2D eigenvalue weighted by Gasteiger charge is 2.42. The van der Waals surface area contributed by atoms with Gasteiger partial charge in [0.15, 0.2) is 12.4 Å². The average Bonchev–Trinajstić information content (AvgIpc) is 4.06. The number of amides is 3. The van der Waals surface area contributed by atoms with E-state index in [-0.39, 0.29) is 41.7 Å². The summed E-state index contributed by atoms with van der Waals surface area (Å²) in [7, 11) is 0. The van der Waals surface area contributed by atoms with E-state index in [9.17, 15) is 45.8 Å². The van der Waals surface area contributed by atoms with E-state index in [4.69, 9.17) is 45.6 Å². The van der Waals surface area contributed by atoms with Gasteiger partial charge in [-0.05, 0) is 74.2 Å². The summed E-state index contributed by atoms with van der Waals surface area (Å²) >= 11 is 8.51. The van der Waals surface area contributed by atoms with Gasteiger partial charge in [-0.15, -0.1) is 11.3 Å². The molecule has 4 heterocycles. The first-order valence-electron chi connectivity index (χ1n) is 23.4. The van der Waals surface area contributed by atoms with Gasteiger partial charge in [0, 0.05) is 55.7 Å². The van der Waals surface area contributed by atoms with E-state index in [2.05, 4.69) is 45.6 Å². The van der Waals surface area contributed by atoms with Crippen LogP contribution < -0.4 is 15.4 Å². The Labute approximate surface area is 420 Å². The van der Waals surface area contributed by atoms with Gasteiger partial charge in [0.05, 0.1) is 43.4 Å². The molecule has 0 atom stereocenters. The molecule has 0 radical (unpaired) electrons. The zero-order chi connectivity index (χ0) is 52.6. The van der Waals surface area contributed by atoms with Crippen LogP contribution in [0.15, 0.2) is 35.7 Å². The van der Waals surface area contributed by atoms with Crippen LogP contribution in [0.25, 0.3) is 0 Å². The molecule has 4 aliphatic rings. The van der Waals surface area contributed by atoms with Crippen LogP contribution in [0, 0.1) is 0 Å². The van der Waals surface area contributed by atoms with E-state index in [1.54, 1.807) is 17.4 Å². The molecule has 3 aliphatic heterocycles. The van der Waals surface area contributed by atoms with Crippen molar-refractivity contribution in [2.75, 3.05) is 77.6 Å². The van der Waals surface area contributed by atoms with Crippen molar-refractivity contribution in [1.82, 2.24) is 25.0 Å². The Morgan fingerprint density at radius 2 is 1.62 bits per heavy atom. The number of morpholine rings is 1. The number of ether oxygens (including phenoxy) is 3. The third-order valence-corrected chi connectivity index (χ3v) is 13.9. The number of anilines is 1. The molecule has 3 fully saturated rings. The molecule has 398 valence electrons. The van der Waals surface area contributed by atoms with Gasteiger partial charge in [0.2, 0.25) is 5.91 Å². The number of nitrogens with zero attached hydrogens (tertiary/aromatic N) is 4. The Morgan fingerprint density at radius 3 is 2.26 bits per heavy atom. The van der Waals surface area contributed by atoms with Crippen LogP contribution in [0.3, 0.4) is 0 Å². The summed E-state index contributed by atoms with van der Waals surface area (Å²) in [4.78, 5) is 67.1.